The molecule has 0 atom stereocenters. The number of anilines is 2. The summed E-state index contributed by atoms with van der Waals surface area (Å²) in [6, 6.07) is 12.8. The highest BCUT2D eigenvalue weighted by molar-refractivity contribution is 9.10. The Hall–Kier alpha value is -2.10. The first-order valence-corrected chi connectivity index (χ1v) is 11.6. The number of carbonyl (C=O) groups is 1. The summed E-state index contributed by atoms with van der Waals surface area (Å²) in [5.74, 6) is -0.261. The van der Waals surface area contributed by atoms with E-state index in [-0.39, 0.29) is 5.91 Å². The Bertz CT molecular complexity index is 959. The minimum atomic E-state index is -3.47. The van der Waals surface area contributed by atoms with Gasteiger partial charge in [-0.15, -0.1) is 0 Å². The number of halogens is 1. The van der Waals surface area contributed by atoms with E-state index < -0.39 is 10.0 Å². The van der Waals surface area contributed by atoms with E-state index >= 15 is 0 Å². The van der Waals surface area contributed by atoms with Gasteiger partial charge in [-0.25, -0.2) is 8.42 Å². The van der Waals surface area contributed by atoms with Crippen molar-refractivity contribution in [3.63, 3.8) is 0 Å². The monoisotopic (exact) mass is 466 g/mol. The number of hydrogen-bond acceptors (Lipinski definition) is 5. The van der Waals surface area contributed by atoms with Crippen LogP contribution < -0.4 is 20.3 Å². The molecule has 0 unspecified atom stereocenters. The second-order valence-electron chi connectivity index (χ2n) is 6.66. The normalized spacial score (nSPS) is 14.6. The number of carbonyl (C=O) groups excluding carboxylic acids is 1. The average molecular weight is 467 g/mol. The summed E-state index contributed by atoms with van der Waals surface area (Å²) in [4.78, 5) is 14.7. The highest BCUT2D eigenvalue weighted by Crippen LogP contribution is 2.28. The molecule has 150 valence electrons. The van der Waals surface area contributed by atoms with Crippen LogP contribution in [0.4, 0.5) is 11.4 Å². The molecule has 1 fully saturated rings. The Labute approximate surface area is 173 Å². The molecule has 9 heteroatoms. The van der Waals surface area contributed by atoms with Gasteiger partial charge in [-0.05, 0) is 35.9 Å². The van der Waals surface area contributed by atoms with Crippen LogP contribution in [0, 0.1) is 0 Å². The van der Waals surface area contributed by atoms with Crippen LogP contribution >= 0.6 is 15.9 Å². The molecule has 2 aromatic carbocycles. The van der Waals surface area contributed by atoms with E-state index in [0.29, 0.717) is 17.8 Å². The van der Waals surface area contributed by atoms with Crippen LogP contribution in [-0.4, -0.2) is 46.8 Å². The lowest BCUT2D eigenvalue weighted by atomic mass is 10.1. The predicted octanol–water partition coefficient (Wildman–Crippen LogP) is 2.16. The number of nitrogens with one attached hydrogen (secondary N) is 3. The number of hydrogen-bond donors (Lipinski definition) is 3. The first-order chi connectivity index (χ1) is 13.3. The number of benzene rings is 2. The van der Waals surface area contributed by atoms with Gasteiger partial charge in [0.2, 0.25) is 10.0 Å². The number of rotatable bonds is 6. The number of nitrogens with zero attached hydrogens (tertiary/aromatic N) is 1. The molecule has 1 amide bonds. The first-order valence-electron chi connectivity index (χ1n) is 8.92. The Balaban J connectivity index is 1.80. The van der Waals surface area contributed by atoms with Crippen molar-refractivity contribution in [2.75, 3.05) is 42.1 Å². The third-order valence-corrected chi connectivity index (χ3v) is 5.44. The standard InChI is InChI=1S/C19H23BrN4O3S/c1-28(26,27)23-17-12-15(5-6-18(17)24-9-7-21-8-10-24)19(25)22-13-14-3-2-4-16(20)11-14/h2-6,11-12,21,23H,7-10,13H2,1H3,(H,22,25). The number of sulfonamides is 1. The molecule has 7 nitrogen and oxygen atoms in total. The van der Waals surface area contributed by atoms with Crippen LogP contribution in [0.25, 0.3) is 0 Å². The highest BCUT2D eigenvalue weighted by atomic mass is 79.9. The lowest BCUT2D eigenvalue weighted by Gasteiger charge is -2.31. The molecule has 0 saturated carbocycles. The van der Waals surface area contributed by atoms with Crippen LogP contribution in [0.5, 0.6) is 0 Å². The molecule has 1 saturated heterocycles. The summed E-state index contributed by atoms with van der Waals surface area (Å²) in [6.45, 7) is 3.58. The molecule has 3 rings (SSSR count). The van der Waals surface area contributed by atoms with E-state index in [9.17, 15) is 13.2 Å². The molecular weight excluding hydrogens is 444 g/mol. The van der Waals surface area contributed by atoms with Gasteiger partial charge in [0.1, 0.15) is 0 Å². The molecule has 0 aromatic heterocycles. The maximum absolute atomic E-state index is 12.6. The van der Waals surface area contributed by atoms with Gasteiger partial charge in [0, 0.05) is 42.8 Å². The van der Waals surface area contributed by atoms with E-state index in [1.54, 1.807) is 18.2 Å². The zero-order valence-corrected chi connectivity index (χ0v) is 17.9. The van der Waals surface area contributed by atoms with E-state index in [4.69, 9.17) is 0 Å². The molecule has 0 bridgehead atoms. The summed E-state index contributed by atoms with van der Waals surface area (Å²) in [6.07, 6.45) is 1.11. The van der Waals surface area contributed by atoms with E-state index in [0.717, 1.165) is 48.2 Å². The molecule has 1 aliphatic heterocycles. The van der Waals surface area contributed by atoms with Crippen molar-refractivity contribution < 1.29 is 13.2 Å². The van der Waals surface area contributed by atoms with Crippen molar-refractivity contribution in [3.8, 4) is 0 Å². The van der Waals surface area contributed by atoms with E-state index in [1.165, 1.54) is 0 Å². The zero-order valence-electron chi connectivity index (χ0n) is 15.5. The van der Waals surface area contributed by atoms with Crippen molar-refractivity contribution in [1.29, 1.82) is 0 Å². The van der Waals surface area contributed by atoms with Gasteiger partial charge in [0.05, 0.1) is 17.6 Å². The maximum Gasteiger partial charge on any atom is 0.251 e. The number of amides is 1. The molecule has 0 aliphatic carbocycles. The molecular formula is C19H23BrN4O3S. The van der Waals surface area contributed by atoms with E-state index in [2.05, 4.69) is 36.2 Å². The van der Waals surface area contributed by atoms with Crippen LogP contribution in [-0.2, 0) is 16.6 Å². The molecule has 1 aliphatic rings. The van der Waals surface area contributed by atoms with Crippen LogP contribution in [0.15, 0.2) is 46.9 Å². The fraction of sp³-hybridized carbons (Fsp3) is 0.316. The Morgan fingerprint density at radius 1 is 1.18 bits per heavy atom. The SMILES string of the molecule is CS(=O)(=O)Nc1cc(C(=O)NCc2cccc(Br)c2)ccc1N1CCNCC1. The minimum absolute atomic E-state index is 0.261. The van der Waals surface area contributed by atoms with E-state index in [1.807, 2.05) is 24.3 Å². The van der Waals surface area contributed by atoms with Gasteiger partial charge < -0.3 is 15.5 Å². The summed E-state index contributed by atoms with van der Waals surface area (Å²) < 4.78 is 27.1. The Morgan fingerprint density at radius 2 is 1.93 bits per heavy atom. The zero-order chi connectivity index (χ0) is 20.1. The predicted molar refractivity (Wildman–Crippen MR) is 115 cm³/mol. The fourth-order valence-corrected chi connectivity index (χ4v) is 4.08. The van der Waals surface area contributed by atoms with Crippen molar-refractivity contribution in [1.82, 2.24) is 10.6 Å². The summed E-state index contributed by atoms with van der Waals surface area (Å²) in [7, 11) is -3.47. The largest absolute Gasteiger partial charge is 0.367 e. The molecule has 3 N–H and O–H groups in total. The van der Waals surface area contributed by atoms with Crippen LogP contribution in [0.1, 0.15) is 15.9 Å². The third-order valence-electron chi connectivity index (χ3n) is 4.35. The maximum atomic E-state index is 12.6. The van der Waals surface area contributed by atoms with Gasteiger partial charge in [-0.3, -0.25) is 9.52 Å². The smallest absolute Gasteiger partial charge is 0.251 e. The fourth-order valence-electron chi connectivity index (χ4n) is 3.07. The second-order valence-corrected chi connectivity index (χ2v) is 9.32. The first kappa shape index (κ1) is 20.6. The Kier molecular flexibility index (Phi) is 6.58. The molecule has 2 aromatic rings. The van der Waals surface area contributed by atoms with Crippen molar-refractivity contribution >= 4 is 43.2 Å². The molecule has 0 radical (unpaired) electrons. The Morgan fingerprint density at radius 3 is 2.61 bits per heavy atom. The third kappa shape index (κ3) is 5.70. The number of piperazine rings is 1. The van der Waals surface area contributed by atoms with Gasteiger partial charge in [0.25, 0.3) is 5.91 Å². The van der Waals surface area contributed by atoms with Crippen molar-refractivity contribution in [3.05, 3.63) is 58.1 Å². The van der Waals surface area contributed by atoms with Crippen LogP contribution in [0.2, 0.25) is 0 Å². The summed E-state index contributed by atoms with van der Waals surface area (Å²) in [5.41, 5.74) is 2.56. The van der Waals surface area contributed by atoms with Gasteiger partial charge in [-0.1, -0.05) is 28.1 Å². The van der Waals surface area contributed by atoms with Gasteiger partial charge in [-0.2, -0.15) is 0 Å². The minimum Gasteiger partial charge on any atom is -0.367 e. The molecule has 0 spiro atoms. The summed E-state index contributed by atoms with van der Waals surface area (Å²) >= 11 is 3.41. The lowest BCUT2D eigenvalue weighted by Crippen LogP contribution is -2.43. The summed E-state index contributed by atoms with van der Waals surface area (Å²) in [5, 5.41) is 6.14. The lowest BCUT2D eigenvalue weighted by molar-refractivity contribution is 0.0951. The van der Waals surface area contributed by atoms with Crippen LogP contribution in [0.3, 0.4) is 0 Å². The van der Waals surface area contributed by atoms with Crippen molar-refractivity contribution in [2.45, 2.75) is 6.54 Å². The quantitative estimate of drug-likeness (QED) is 0.606. The average Bonchev–Trinajstić information content (AvgIpc) is 2.65. The van der Waals surface area contributed by atoms with Crippen molar-refractivity contribution in [2.24, 2.45) is 0 Å². The molecule has 1 heterocycles. The highest BCUT2D eigenvalue weighted by Gasteiger charge is 2.18. The topological polar surface area (TPSA) is 90.5 Å². The second kappa shape index (κ2) is 8.93. The van der Waals surface area contributed by atoms with Gasteiger partial charge >= 0.3 is 0 Å². The molecule has 28 heavy (non-hydrogen) atoms. The van der Waals surface area contributed by atoms with Gasteiger partial charge in [0.15, 0.2) is 0 Å².